The van der Waals surface area contributed by atoms with Gasteiger partial charge in [-0.15, -0.1) is 11.3 Å². The second kappa shape index (κ2) is 5.80. The van der Waals surface area contributed by atoms with Crippen molar-refractivity contribution in [3.05, 3.63) is 58.3 Å². The minimum Gasteiger partial charge on any atom is -0.386 e. The van der Waals surface area contributed by atoms with Gasteiger partial charge in [-0.2, -0.15) is 0 Å². The van der Waals surface area contributed by atoms with Crippen LogP contribution in [0.2, 0.25) is 0 Å². The number of carbonyl (C=O) groups excluding carboxylic acids is 1. The van der Waals surface area contributed by atoms with E-state index in [4.69, 9.17) is 0 Å². The molecule has 2 atom stereocenters. The molecule has 0 aliphatic carbocycles. The van der Waals surface area contributed by atoms with Crippen molar-refractivity contribution in [2.24, 2.45) is 0 Å². The summed E-state index contributed by atoms with van der Waals surface area (Å²) in [5.41, 5.74) is 0.802. The largest absolute Gasteiger partial charge is 0.386 e. The maximum Gasteiger partial charge on any atom is 0.261 e. The molecule has 1 heterocycles. The highest BCUT2D eigenvalue weighted by atomic mass is 32.1. The second-order valence-corrected chi connectivity index (χ2v) is 5.04. The standard InChI is InChI=1S/C14H15NO2S/c1-10(13(16)11-6-3-2-4-7-11)15-14(17)12-8-5-9-18-12/h2-10,13,16H,1H3,(H,15,17). The van der Waals surface area contributed by atoms with Crippen LogP contribution in [0.15, 0.2) is 47.8 Å². The molecule has 1 aromatic heterocycles. The van der Waals surface area contributed by atoms with Gasteiger partial charge in [-0.05, 0) is 23.9 Å². The first-order chi connectivity index (χ1) is 8.68. The van der Waals surface area contributed by atoms with Crippen molar-refractivity contribution in [2.45, 2.75) is 19.1 Å². The van der Waals surface area contributed by atoms with Crippen LogP contribution in [0, 0.1) is 0 Å². The van der Waals surface area contributed by atoms with Gasteiger partial charge in [0.05, 0.1) is 17.0 Å². The number of nitrogens with one attached hydrogen (secondary N) is 1. The number of thiophene rings is 1. The minimum absolute atomic E-state index is 0.146. The van der Waals surface area contributed by atoms with Crippen LogP contribution >= 0.6 is 11.3 Å². The first-order valence-electron chi connectivity index (χ1n) is 5.76. The number of hydrogen-bond acceptors (Lipinski definition) is 3. The molecular weight excluding hydrogens is 246 g/mol. The third-order valence-electron chi connectivity index (χ3n) is 2.72. The number of benzene rings is 1. The zero-order chi connectivity index (χ0) is 13.0. The lowest BCUT2D eigenvalue weighted by atomic mass is 10.0. The molecule has 0 saturated heterocycles. The molecule has 94 valence electrons. The van der Waals surface area contributed by atoms with E-state index in [1.165, 1.54) is 11.3 Å². The van der Waals surface area contributed by atoms with E-state index in [9.17, 15) is 9.90 Å². The van der Waals surface area contributed by atoms with Crippen LogP contribution in [-0.4, -0.2) is 17.1 Å². The monoisotopic (exact) mass is 261 g/mol. The van der Waals surface area contributed by atoms with Crippen LogP contribution in [0.25, 0.3) is 0 Å². The predicted molar refractivity (Wildman–Crippen MR) is 72.6 cm³/mol. The van der Waals surface area contributed by atoms with E-state index in [-0.39, 0.29) is 11.9 Å². The summed E-state index contributed by atoms with van der Waals surface area (Å²) in [4.78, 5) is 12.5. The third kappa shape index (κ3) is 2.97. The van der Waals surface area contributed by atoms with Crippen molar-refractivity contribution >= 4 is 17.2 Å². The molecule has 0 bridgehead atoms. The summed E-state index contributed by atoms with van der Waals surface area (Å²) in [5, 5.41) is 14.8. The fourth-order valence-corrected chi connectivity index (χ4v) is 2.33. The summed E-state index contributed by atoms with van der Waals surface area (Å²) in [5.74, 6) is -0.146. The molecule has 2 aromatic rings. The smallest absolute Gasteiger partial charge is 0.261 e. The van der Waals surface area contributed by atoms with E-state index in [0.29, 0.717) is 4.88 Å². The Kier molecular flexibility index (Phi) is 4.12. The minimum atomic E-state index is -0.699. The van der Waals surface area contributed by atoms with Gasteiger partial charge >= 0.3 is 0 Å². The maximum absolute atomic E-state index is 11.8. The Bertz CT molecular complexity index is 496. The van der Waals surface area contributed by atoms with E-state index >= 15 is 0 Å². The number of aliphatic hydroxyl groups excluding tert-OH is 1. The molecule has 1 amide bonds. The Labute approximate surface area is 110 Å². The lowest BCUT2D eigenvalue weighted by molar-refractivity contribution is 0.0856. The SMILES string of the molecule is CC(NC(=O)c1cccs1)C(O)c1ccccc1. The van der Waals surface area contributed by atoms with Crippen LogP contribution in [-0.2, 0) is 0 Å². The van der Waals surface area contributed by atoms with Crippen LogP contribution in [0.5, 0.6) is 0 Å². The Hall–Kier alpha value is -1.65. The first-order valence-corrected chi connectivity index (χ1v) is 6.64. The molecule has 2 unspecified atom stereocenters. The molecule has 0 spiro atoms. The summed E-state index contributed by atoms with van der Waals surface area (Å²) in [6.45, 7) is 1.79. The van der Waals surface area contributed by atoms with Gasteiger partial charge in [0.1, 0.15) is 0 Å². The van der Waals surface area contributed by atoms with Crippen molar-refractivity contribution in [3.8, 4) is 0 Å². The number of rotatable bonds is 4. The molecule has 0 fully saturated rings. The van der Waals surface area contributed by atoms with Crippen molar-refractivity contribution < 1.29 is 9.90 Å². The Morgan fingerprint density at radius 3 is 2.56 bits per heavy atom. The topological polar surface area (TPSA) is 49.3 Å². The summed E-state index contributed by atoms with van der Waals surface area (Å²) >= 11 is 1.39. The van der Waals surface area contributed by atoms with E-state index in [1.807, 2.05) is 41.8 Å². The van der Waals surface area contributed by atoms with Crippen molar-refractivity contribution in [2.75, 3.05) is 0 Å². The lowest BCUT2D eigenvalue weighted by Crippen LogP contribution is -2.36. The number of carbonyl (C=O) groups is 1. The van der Waals surface area contributed by atoms with Gasteiger partial charge < -0.3 is 10.4 Å². The summed E-state index contributed by atoms with van der Waals surface area (Å²) < 4.78 is 0. The highest BCUT2D eigenvalue weighted by molar-refractivity contribution is 7.12. The number of hydrogen-bond donors (Lipinski definition) is 2. The molecule has 0 saturated carbocycles. The van der Waals surface area contributed by atoms with E-state index in [0.717, 1.165) is 5.56 Å². The quantitative estimate of drug-likeness (QED) is 0.888. The molecule has 2 rings (SSSR count). The van der Waals surface area contributed by atoms with Crippen LogP contribution in [0.3, 0.4) is 0 Å². The van der Waals surface area contributed by atoms with Crippen LogP contribution in [0.1, 0.15) is 28.3 Å². The molecule has 18 heavy (non-hydrogen) atoms. The van der Waals surface area contributed by atoms with Gasteiger partial charge in [0.15, 0.2) is 0 Å². The first kappa shape index (κ1) is 12.8. The van der Waals surface area contributed by atoms with Gasteiger partial charge in [-0.25, -0.2) is 0 Å². The summed E-state index contributed by atoms with van der Waals surface area (Å²) in [6, 6.07) is 12.6. The van der Waals surface area contributed by atoms with Crippen molar-refractivity contribution in [1.29, 1.82) is 0 Å². The maximum atomic E-state index is 11.8. The van der Waals surface area contributed by atoms with Gasteiger partial charge in [0.2, 0.25) is 0 Å². The van der Waals surface area contributed by atoms with Crippen LogP contribution in [0.4, 0.5) is 0 Å². The zero-order valence-electron chi connectivity index (χ0n) is 10.0. The van der Waals surface area contributed by atoms with Gasteiger partial charge in [-0.3, -0.25) is 4.79 Å². The fourth-order valence-electron chi connectivity index (χ4n) is 1.70. The molecule has 0 aliphatic rings. The Morgan fingerprint density at radius 2 is 1.94 bits per heavy atom. The number of amides is 1. The second-order valence-electron chi connectivity index (χ2n) is 4.09. The van der Waals surface area contributed by atoms with Gasteiger partial charge in [0, 0.05) is 0 Å². The normalized spacial score (nSPS) is 13.9. The third-order valence-corrected chi connectivity index (χ3v) is 3.59. The highest BCUT2D eigenvalue weighted by Crippen LogP contribution is 2.17. The molecule has 0 radical (unpaired) electrons. The summed E-state index contributed by atoms with van der Waals surface area (Å²) in [6.07, 6.45) is -0.699. The number of aliphatic hydroxyl groups is 1. The van der Waals surface area contributed by atoms with Crippen molar-refractivity contribution in [3.63, 3.8) is 0 Å². The van der Waals surface area contributed by atoms with E-state index in [2.05, 4.69) is 5.32 Å². The van der Waals surface area contributed by atoms with E-state index < -0.39 is 6.10 Å². The molecule has 3 nitrogen and oxygen atoms in total. The molecule has 4 heteroatoms. The predicted octanol–water partition coefficient (Wildman–Crippen LogP) is 2.60. The van der Waals surface area contributed by atoms with Crippen LogP contribution < -0.4 is 5.32 Å². The van der Waals surface area contributed by atoms with Crippen molar-refractivity contribution in [1.82, 2.24) is 5.32 Å². The van der Waals surface area contributed by atoms with Gasteiger partial charge in [-0.1, -0.05) is 36.4 Å². The average molecular weight is 261 g/mol. The van der Waals surface area contributed by atoms with Gasteiger partial charge in [0.25, 0.3) is 5.91 Å². The Morgan fingerprint density at radius 1 is 1.22 bits per heavy atom. The Balaban J connectivity index is 2.00. The average Bonchev–Trinajstić information content (AvgIpc) is 2.92. The van der Waals surface area contributed by atoms with E-state index in [1.54, 1.807) is 13.0 Å². The molecule has 2 N–H and O–H groups in total. The lowest BCUT2D eigenvalue weighted by Gasteiger charge is -2.20. The summed E-state index contributed by atoms with van der Waals surface area (Å²) in [7, 11) is 0. The molecular formula is C14H15NO2S. The molecule has 0 aliphatic heterocycles. The molecule has 1 aromatic carbocycles. The fraction of sp³-hybridized carbons (Fsp3) is 0.214. The zero-order valence-corrected chi connectivity index (χ0v) is 10.9. The highest BCUT2D eigenvalue weighted by Gasteiger charge is 2.19.